The van der Waals surface area contributed by atoms with Gasteiger partial charge >= 0.3 is 12.2 Å². The number of ether oxygens (including phenoxy) is 2. The number of carbonyl (C=O) groups is 3. The van der Waals surface area contributed by atoms with E-state index in [4.69, 9.17) is 15.0 Å². The zero-order valence-electron chi connectivity index (χ0n) is 11.8. The average Bonchev–Trinajstić information content (AvgIpc) is 2.42. The lowest BCUT2D eigenvalue weighted by Gasteiger charge is -2.18. The SMILES string of the molecule is CCOC(=O)C(CCC(=O)C=[N+]=[N-])NC(=O)[C@H](C)OC. The van der Waals surface area contributed by atoms with Crippen LogP contribution in [-0.2, 0) is 23.9 Å². The van der Waals surface area contributed by atoms with Crippen LogP contribution in [0, 0.1) is 0 Å². The number of esters is 1. The van der Waals surface area contributed by atoms with Gasteiger partial charge in [-0.15, -0.1) is 0 Å². The molecule has 0 aromatic rings. The molecule has 0 bridgehead atoms. The van der Waals surface area contributed by atoms with Crippen molar-refractivity contribution in [2.75, 3.05) is 13.7 Å². The highest BCUT2D eigenvalue weighted by Gasteiger charge is 2.25. The lowest BCUT2D eigenvalue weighted by Crippen LogP contribution is -2.46. The molecule has 0 saturated carbocycles. The molecule has 20 heavy (non-hydrogen) atoms. The fourth-order valence-corrected chi connectivity index (χ4v) is 1.30. The summed E-state index contributed by atoms with van der Waals surface area (Å²) >= 11 is 0. The van der Waals surface area contributed by atoms with E-state index in [1.807, 2.05) is 0 Å². The van der Waals surface area contributed by atoms with Gasteiger partial charge in [-0.3, -0.25) is 9.59 Å². The van der Waals surface area contributed by atoms with Crippen LogP contribution in [0.15, 0.2) is 0 Å². The topological polar surface area (TPSA) is 118 Å². The molecule has 0 fully saturated rings. The fourth-order valence-electron chi connectivity index (χ4n) is 1.30. The number of carbonyl (C=O) groups excluding carboxylic acids is 3. The first-order valence-corrected chi connectivity index (χ1v) is 6.16. The van der Waals surface area contributed by atoms with E-state index < -0.39 is 29.8 Å². The van der Waals surface area contributed by atoms with Crippen molar-refractivity contribution in [2.24, 2.45) is 0 Å². The number of rotatable bonds is 9. The zero-order valence-corrected chi connectivity index (χ0v) is 11.8. The lowest BCUT2D eigenvalue weighted by molar-refractivity contribution is -0.148. The maximum absolute atomic E-state index is 11.7. The van der Waals surface area contributed by atoms with E-state index in [1.54, 1.807) is 6.92 Å². The largest absolute Gasteiger partial charge is 0.464 e. The van der Waals surface area contributed by atoms with E-state index in [2.05, 4.69) is 10.1 Å². The van der Waals surface area contributed by atoms with Gasteiger partial charge in [-0.25, -0.2) is 4.79 Å². The first kappa shape index (κ1) is 17.9. The number of methoxy groups -OCH3 is 1. The minimum absolute atomic E-state index is 0.0475. The molecular formula is C12H19N3O5. The van der Waals surface area contributed by atoms with Crippen LogP contribution < -0.4 is 5.32 Å². The van der Waals surface area contributed by atoms with Crippen molar-refractivity contribution in [3.63, 3.8) is 0 Å². The van der Waals surface area contributed by atoms with Crippen molar-refractivity contribution in [1.29, 1.82) is 0 Å². The number of hydrogen-bond acceptors (Lipinski definition) is 5. The smallest absolute Gasteiger partial charge is 0.328 e. The minimum Gasteiger partial charge on any atom is -0.464 e. The second-order valence-corrected chi connectivity index (χ2v) is 3.94. The van der Waals surface area contributed by atoms with Gasteiger partial charge in [0.05, 0.1) is 6.61 Å². The molecule has 1 N–H and O–H groups in total. The van der Waals surface area contributed by atoms with Crippen LogP contribution in [0.1, 0.15) is 26.7 Å². The number of nitrogens with one attached hydrogen (secondary N) is 1. The van der Waals surface area contributed by atoms with Crippen molar-refractivity contribution in [1.82, 2.24) is 5.32 Å². The molecule has 0 spiro atoms. The highest BCUT2D eigenvalue weighted by molar-refractivity contribution is 6.25. The first-order chi connectivity index (χ1) is 9.46. The summed E-state index contributed by atoms with van der Waals surface area (Å²) in [5, 5.41) is 2.45. The van der Waals surface area contributed by atoms with Gasteiger partial charge in [0.25, 0.3) is 0 Å². The lowest BCUT2D eigenvalue weighted by atomic mass is 10.1. The molecule has 8 nitrogen and oxygen atoms in total. The molecule has 0 rings (SSSR count). The van der Waals surface area contributed by atoms with E-state index >= 15 is 0 Å². The Balaban J connectivity index is 4.64. The van der Waals surface area contributed by atoms with Gasteiger partial charge in [0.1, 0.15) is 12.1 Å². The Hall–Kier alpha value is -2.05. The maximum atomic E-state index is 11.7. The van der Waals surface area contributed by atoms with Gasteiger partial charge in [0, 0.05) is 13.5 Å². The molecule has 0 radical (unpaired) electrons. The first-order valence-electron chi connectivity index (χ1n) is 6.16. The van der Waals surface area contributed by atoms with E-state index in [0.29, 0.717) is 0 Å². The van der Waals surface area contributed by atoms with E-state index in [0.717, 1.165) is 6.21 Å². The van der Waals surface area contributed by atoms with Crippen molar-refractivity contribution >= 4 is 23.9 Å². The number of hydrogen-bond donors (Lipinski definition) is 1. The number of ketones is 1. The number of nitrogens with zero attached hydrogens (tertiary/aromatic N) is 2. The molecule has 0 aliphatic rings. The van der Waals surface area contributed by atoms with Crippen LogP contribution in [-0.4, -0.2) is 54.5 Å². The summed E-state index contributed by atoms with van der Waals surface area (Å²) in [5.41, 5.74) is 8.22. The standard InChI is InChI=1S/C12H19N3O5/c1-4-20-12(18)10(6-5-9(16)7-14-13)15-11(17)8(2)19-3/h7-8,10H,4-6H2,1-3H3,(H,15,17)/t8-,10?/m0/s1. The summed E-state index contributed by atoms with van der Waals surface area (Å²) in [4.78, 5) is 37.2. The van der Waals surface area contributed by atoms with Crippen molar-refractivity contribution in [2.45, 2.75) is 38.8 Å². The Morgan fingerprint density at radius 1 is 1.40 bits per heavy atom. The minimum atomic E-state index is -0.948. The summed E-state index contributed by atoms with van der Waals surface area (Å²) in [5.74, 6) is -1.57. The van der Waals surface area contributed by atoms with Crippen molar-refractivity contribution in [3.8, 4) is 0 Å². The quantitative estimate of drug-likeness (QED) is 0.270. The molecule has 0 aromatic carbocycles. The third kappa shape index (κ3) is 6.77. The van der Waals surface area contributed by atoms with Crippen molar-refractivity contribution < 1.29 is 28.6 Å². The van der Waals surface area contributed by atoms with Crippen LogP contribution in [0.4, 0.5) is 0 Å². The monoisotopic (exact) mass is 285 g/mol. The summed E-state index contributed by atoms with van der Waals surface area (Å²) in [6, 6.07) is -0.948. The summed E-state index contributed by atoms with van der Waals surface area (Å²) in [7, 11) is 1.37. The second kappa shape index (κ2) is 9.82. The molecule has 0 aromatic heterocycles. The van der Waals surface area contributed by atoms with E-state index in [-0.39, 0.29) is 19.4 Å². The molecule has 112 valence electrons. The molecule has 0 aliphatic heterocycles. The van der Waals surface area contributed by atoms with Gasteiger partial charge in [-0.1, -0.05) is 0 Å². The van der Waals surface area contributed by atoms with Crippen LogP contribution >= 0.6 is 0 Å². The zero-order chi connectivity index (χ0) is 15.5. The Kier molecular flexibility index (Phi) is 8.82. The van der Waals surface area contributed by atoms with E-state index in [1.165, 1.54) is 14.0 Å². The van der Waals surface area contributed by atoms with Crippen LogP contribution in [0.25, 0.3) is 5.53 Å². The molecule has 1 amide bonds. The maximum Gasteiger partial charge on any atom is 0.328 e. The third-order valence-corrected chi connectivity index (χ3v) is 2.49. The molecule has 0 saturated heterocycles. The highest BCUT2D eigenvalue weighted by Crippen LogP contribution is 2.02. The fraction of sp³-hybridized carbons (Fsp3) is 0.667. The molecule has 0 aliphatic carbocycles. The van der Waals surface area contributed by atoms with Crippen LogP contribution in [0.3, 0.4) is 0 Å². The van der Waals surface area contributed by atoms with Gasteiger partial charge in [-0.2, -0.15) is 4.79 Å². The highest BCUT2D eigenvalue weighted by atomic mass is 16.5. The van der Waals surface area contributed by atoms with Gasteiger partial charge in [0.15, 0.2) is 0 Å². The van der Waals surface area contributed by atoms with Gasteiger partial charge in [-0.05, 0) is 20.3 Å². The molecule has 0 heterocycles. The average molecular weight is 285 g/mol. The Morgan fingerprint density at radius 3 is 2.55 bits per heavy atom. The summed E-state index contributed by atoms with van der Waals surface area (Å²) in [6.07, 6.45) is 0.00435. The molecule has 2 atom stereocenters. The summed E-state index contributed by atoms with van der Waals surface area (Å²) < 4.78 is 9.65. The van der Waals surface area contributed by atoms with Crippen LogP contribution in [0.2, 0.25) is 0 Å². The van der Waals surface area contributed by atoms with Gasteiger partial charge < -0.3 is 20.3 Å². The van der Waals surface area contributed by atoms with Crippen LogP contribution in [0.5, 0.6) is 0 Å². The van der Waals surface area contributed by atoms with Crippen molar-refractivity contribution in [3.05, 3.63) is 5.53 Å². The Labute approximate surface area is 117 Å². The van der Waals surface area contributed by atoms with E-state index in [9.17, 15) is 14.4 Å². The second-order valence-electron chi connectivity index (χ2n) is 3.94. The number of amides is 1. The number of Topliss-reactive ketones (excluding diaryl/α,β-unsaturated/α-hetero) is 1. The predicted octanol–water partition coefficient (Wildman–Crippen LogP) is -0.281. The van der Waals surface area contributed by atoms with Gasteiger partial charge in [0.2, 0.25) is 11.7 Å². The molecule has 8 heteroatoms. The third-order valence-electron chi connectivity index (χ3n) is 2.49. The molecular weight excluding hydrogens is 266 g/mol. The Morgan fingerprint density at radius 2 is 2.05 bits per heavy atom. The normalized spacial score (nSPS) is 12.8. The molecule has 1 unspecified atom stereocenters. The predicted molar refractivity (Wildman–Crippen MR) is 69.0 cm³/mol. The summed E-state index contributed by atoms with van der Waals surface area (Å²) in [6.45, 7) is 3.33. The Bertz CT molecular complexity index is 404.